The second kappa shape index (κ2) is 4.69. The summed E-state index contributed by atoms with van der Waals surface area (Å²) in [6, 6.07) is 2.32. The molecular weight excluding hydrogens is 193 g/mol. The Balaban J connectivity index is 3.05. The van der Waals surface area contributed by atoms with Gasteiger partial charge in [0.1, 0.15) is 0 Å². The van der Waals surface area contributed by atoms with Crippen molar-refractivity contribution in [3.63, 3.8) is 0 Å². The molecule has 0 bridgehead atoms. The van der Waals surface area contributed by atoms with Crippen LogP contribution in [0.3, 0.4) is 0 Å². The predicted octanol–water partition coefficient (Wildman–Crippen LogP) is 1.71. The number of ether oxygens (including phenoxy) is 1. The molecule has 1 aromatic rings. The molecule has 0 heterocycles. The van der Waals surface area contributed by atoms with Gasteiger partial charge in [0.05, 0.1) is 0 Å². The quantitative estimate of drug-likeness (QED) is 0.693. The average molecular weight is 200 g/mol. The van der Waals surface area contributed by atoms with Crippen LogP contribution in [0.15, 0.2) is 12.1 Å². The summed E-state index contributed by atoms with van der Waals surface area (Å²) in [4.78, 5) is 0. The zero-order valence-corrected chi connectivity index (χ0v) is 7.42. The summed E-state index contributed by atoms with van der Waals surface area (Å²) in [6.45, 7) is 1.87. The van der Waals surface area contributed by atoms with Gasteiger partial charge in [0, 0.05) is 0 Å². The predicted molar refractivity (Wildman–Crippen MR) is 44.6 cm³/mol. The van der Waals surface area contributed by atoms with E-state index in [2.05, 4.69) is 4.65 Å². The minimum atomic E-state index is -1.23. The van der Waals surface area contributed by atoms with Gasteiger partial charge in [-0.05, 0) is 0 Å². The van der Waals surface area contributed by atoms with E-state index in [-0.39, 0.29) is 19.7 Å². The van der Waals surface area contributed by atoms with Crippen LogP contribution in [0.1, 0.15) is 6.92 Å². The van der Waals surface area contributed by atoms with Gasteiger partial charge in [0.25, 0.3) is 0 Å². The van der Waals surface area contributed by atoms with Crippen molar-refractivity contribution in [1.82, 2.24) is 0 Å². The number of hydrogen-bond acceptors (Lipinski definition) is 3. The van der Waals surface area contributed by atoms with Crippen LogP contribution in [-0.2, 0) is 4.70 Å². The van der Waals surface area contributed by atoms with Crippen molar-refractivity contribution in [2.45, 2.75) is 6.92 Å². The summed E-state index contributed by atoms with van der Waals surface area (Å²) >= 11 is 0. The molecule has 0 aromatic heterocycles. The third kappa shape index (κ3) is 2.07. The van der Waals surface area contributed by atoms with Crippen LogP contribution in [0.25, 0.3) is 0 Å². The van der Waals surface area contributed by atoms with E-state index in [9.17, 15) is 13.5 Å². The third-order valence-electron chi connectivity index (χ3n) is 1.49. The molecule has 0 amide bonds. The molecular formula is C8H7BF2O3. The van der Waals surface area contributed by atoms with E-state index in [4.69, 9.17) is 4.74 Å². The Morgan fingerprint density at radius 2 is 1.86 bits per heavy atom. The molecule has 0 saturated carbocycles. The van der Waals surface area contributed by atoms with Gasteiger partial charge in [-0.2, -0.15) is 0 Å². The monoisotopic (exact) mass is 200 g/mol. The molecule has 14 heavy (non-hydrogen) atoms. The fraction of sp³-hybridized carbons (Fsp3) is 0.250. The van der Waals surface area contributed by atoms with Gasteiger partial charge < -0.3 is 0 Å². The van der Waals surface area contributed by atoms with Gasteiger partial charge in [-0.1, -0.05) is 0 Å². The first kappa shape index (κ1) is 10.6. The molecule has 0 aliphatic carbocycles. The van der Waals surface area contributed by atoms with Crippen LogP contribution in [0, 0.1) is 11.6 Å². The van der Waals surface area contributed by atoms with E-state index in [1.54, 1.807) is 6.92 Å². The Kier molecular flexibility index (Phi) is 3.56. The van der Waals surface area contributed by atoms with Gasteiger partial charge in [-0.3, -0.25) is 0 Å². The topological polar surface area (TPSA) is 35.5 Å². The molecule has 0 saturated heterocycles. The van der Waals surface area contributed by atoms with Crippen molar-refractivity contribution in [1.29, 1.82) is 0 Å². The number of hydrogen-bond donors (Lipinski definition) is 0. The number of rotatable bonds is 4. The van der Waals surface area contributed by atoms with E-state index >= 15 is 0 Å². The molecule has 0 N–H and O–H groups in total. The van der Waals surface area contributed by atoms with Gasteiger partial charge >= 0.3 is 79.0 Å². The van der Waals surface area contributed by atoms with E-state index in [0.717, 1.165) is 6.07 Å². The third-order valence-corrected chi connectivity index (χ3v) is 1.49. The standard InChI is InChI=1S/C8H7BF2O3/c1-2-13-5-3-4-6(14-9-12)8(11)7(5)10/h3-4H,2H2,1H3. The first-order chi connectivity index (χ1) is 6.70. The van der Waals surface area contributed by atoms with E-state index in [1.807, 2.05) is 0 Å². The first-order valence-electron chi connectivity index (χ1n) is 3.91. The van der Waals surface area contributed by atoms with Gasteiger partial charge in [0.2, 0.25) is 0 Å². The maximum absolute atomic E-state index is 13.1. The van der Waals surface area contributed by atoms with Gasteiger partial charge in [-0.15, -0.1) is 0 Å². The molecule has 0 radical (unpaired) electrons. The van der Waals surface area contributed by atoms with Crippen molar-refractivity contribution < 1.29 is 22.9 Å². The molecule has 1 aromatic carbocycles. The second-order valence-electron chi connectivity index (χ2n) is 2.34. The van der Waals surface area contributed by atoms with Crippen LogP contribution >= 0.6 is 0 Å². The van der Waals surface area contributed by atoms with Crippen molar-refractivity contribution >= 4 is 7.35 Å². The summed E-state index contributed by atoms with van der Waals surface area (Å²) in [7, 11) is 0.0260. The Morgan fingerprint density at radius 1 is 1.29 bits per heavy atom. The molecule has 3 nitrogen and oxygen atoms in total. The molecule has 0 aliphatic rings. The van der Waals surface area contributed by atoms with Crippen LogP contribution in [0.2, 0.25) is 0 Å². The Morgan fingerprint density at radius 3 is 2.43 bits per heavy atom. The Bertz CT molecular complexity index is 344. The second-order valence-corrected chi connectivity index (χ2v) is 2.34. The molecule has 0 spiro atoms. The molecule has 74 valence electrons. The summed E-state index contributed by atoms with van der Waals surface area (Å²) in [6.07, 6.45) is 0. The molecule has 0 atom stereocenters. The summed E-state index contributed by atoms with van der Waals surface area (Å²) < 4.78 is 45.0. The Hall–Kier alpha value is -1.46. The molecule has 0 unspecified atom stereocenters. The maximum atomic E-state index is 13.1. The fourth-order valence-corrected chi connectivity index (χ4v) is 0.924. The zero-order chi connectivity index (χ0) is 10.6. The summed E-state index contributed by atoms with van der Waals surface area (Å²) in [5.74, 6) is -3.06. The van der Waals surface area contributed by atoms with Gasteiger partial charge in [0.15, 0.2) is 0 Å². The van der Waals surface area contributed by atoms with E-state index < -0.39 is 17.4 Å². The van der Waals surface area contributed by atoms with Crippen LogP contribution < -0.4 is 9.39 Å². The minimum absolute atomic E-state index is 0.0260. The van der Waals surface area contributed by atoms with Crippen molar-refractivity contribution in [2.24, 2.45) is 0 Å². The summed E-state index contributed by atoms with van der Waals surface area (Å²) in [5, 5.41) is 0. The average Bonchev–Trinajstić information content (AvgIpc) is 2.18. The molecule has 0 fully saturated rings. The van der Waals surface area contributed by atoms with Gasteiger partial charge in [-0.25, -0.2) is 0 Å². The number of benzene rings is 1. The van der Waals surface area contributed by atoms with Crippen molar-refractivity contribution in [3.05, 3.63) is 23.8 Å². The van der Waals surface area contributed by atoms with Crippen LogP contribution in [0.5, 0.6) is 11.5 Å². The molecule has 0 aliphatic heterocycles. The normalized spacial score (nSPS) is 9.36. The van der Waals surface area contributed by atoms with Crippen LogP contribution in [-0.4, -0.2) is 14.0 Å². The summed E-state index contributed by atoms with van der Waals surface area (Å²) in [5.41, 5.74) is 0. The fourth-order valence-electron chi connectivity index (χ4n) is 0.924. The van der Waals surface area contributed by atoms with Crippen LogP contribution in [0.4, 0.5) is 8.78 Å². The Labute approximate surface area is 79.9 Å². The first-order valence-corrected chi connectivity index (χ1v) is 3.91. The SMILES string of the molecule is CCOc1ccc(OB=O)c(F)c1F. The molecule has 6 heteroatoms. The van der Waals surface area contributed by atoms with Crippen molar-refractivity contribution in [2.75, 3.05) is 6.61 Å². The van der Waals surface area contributed by atoms with E-state index in [1.165, 1.54) is 6.07 Å². The van der Waals surface area contributed by atoms with E-state index in [0.29, 0.717) is 0 Å². The molecule has 1 rings (SSSR count). The number of halogens is 2. The van der Waals surface area contributed by atoms with Crippen molar-refractivity contribution in [3.8, 4) is 11.5 Å². The zero-order valence-electron chi connectivity index (χ0n) is 7.42.